The molecule has 2 aliphatic heterocycles. The third-order valence-electron chi connectivity index (χ3n) is 16.7. The summed E-state index contributed by atoms with van der Waals surface area (Å²) in [7, 11) is 0. The molecule has 2 nitrogen and oxygen atoms in total. The van der Waals surface area contributed by atoms with Gasteiger partial charge in [0, 0.05) is 43.2 Å². The molecule has 0 saturated heterocycles. The normalized spacial score (nSPS) is 16.5. The van der Waals surface area contributed by atoms with E-state index in [0.29, 0.717) is 0 Å². The molecule has 0 amide bonds. The minimum atomic E-state index is -0.0403. The molecule has 3 aliphatic rings. The van der Waals surface area contributed by atoms with Gasteiger partial charge >= 0.3 is 0 Å². The average molecular weight is 957 g/mol. The topological polar surface area (TPSA) is 6.48 Å². The molecule has 0 saturated carbocycles. The second-order valence-corrected chi connectivity index (χ2v) is 29.5. The lowest BCUT2D eigenvalue weighted by Gasteiger charge is -2.46. The van der Waals surface area contributed by atoms with E-state index < -0.39 is 0 Å². The molecule has 10 rings (SSSR count). The molecule has 4 heteroatoms. The largest absolute Gasteiger partial charge is 0.311 e. The minimum Gasteiger partial charge on any atom is -0.311 e. The molecule has 0 N–H and O–H groups in total. The standard InChI is InChI=1S/C67H81BN2S/c1-40-31-55-58-56(32-40)70(53-39-51-50(66(17,18)29-30-67(51,19)20)38-48(53)41-21-23-42(24-22-41)61(2,3)4)59-49-36-43(62(5,6)7)26-28-57(49)71-60(59)68(58)52-27-25-44(63(8,9)10)37-54(52)69(55)47-34-45(64(11,12)13)33-46(35-47)65(14,15)16/h21-28,31-39H,29-30H2,1-20H3. The van der Waals surface area contributed by atoms with Gasteiger partial charge in [0.2, 0.25) is 0 Å². The summed E-state index contributed by atoms with van der Waals surface area (Å²) in [5, 5.41) is 1.35. The zero-order chi connectivity index (χ0) is 51.5. The van der Waals surface area contributed by atoms with Crippen LogP contribution in [0.2, 0.25) is 0 Å². The minimum absolute atomic E-state index is 0.0135. The number of anilines is 6. The molecular formula is C67H81BN2S. The number of nitrogens with zero attached hydrogens (tertiary/aromatic N) is 2. The number of rotatable bonds is 3. The highest BCUT2D eigenvalue weighted by Gasteiger charge is 2.47. The Morgan fingerprint density at radius 2 is 0.958 bits per heavy atom. The third kappa shape index (κ3) is 8.31. The maximum Gasteiger partial charge on any atom is 0.264 e. The Hall–Kier alpha value is -5.06. The molecule has 0 fully saturated rings. The summed E-state index contributed by atoms with van der Waals surface area (Å²) in [4.78, 5) is 5.45. The highest BCUT2D eigenvalue weighted by Crippen LogP contribution is 2.55. The van der Waals surface area contributed by atoms with E-state index in [1.54, 1.807) is 0 Å². The zero-order valence-corrected chi connectivity index (χ0v) is 47.9. The van der Waals surface area contributed by atoms with Gasteiger partial charge in [-0.15, -0.1) is 11.3 Å². The first-order valence-corrected chi connectivity index (χ1v) is 27.5. The molecule has 368 valence electrons. The molecule has 3 heterocycles. The van der Waals surface area contributed by atoms with Crippen molar-refractivity contribution in [3.63, 3.8) is 0 Å². The van der Waals surface area contributed by atoms with Crippen molar-refractivity contribution in [2.24, 2.45) is 0 Å². The van der Waals surface area contributed by atoms with Crippen LogP contribution in [0.4, 0.5) is 34.1 Å². The van der Waals surface area contributed by atoms with E-state index in [9.17, 15) is 0 Å². The van der Waals surface area contributed by atoms with Crippen molar-refractivity contribution in [3.05, 3.63) is 148 Å². The van der Waals surface area contributed by atoms with Crippen LogP contribution >= 0.6 is 11.3 Å². The molecule has 0 atom stereocenters. The van der Waals surface area contributed by atoms with Crippen LogP contribution in [0.1, 0.15) is 189 Å². The Labute approximate surface area is 433 Å². The quantitative estimate of drug-likeness (QED) is 0.163. The summed E-state index contributed by atoms with van der Waals surface area (Å²) >= 11 is 2.02. The van der Waals surface area contributed by atoms with Crippen molar-refractivity contribution < 1.29 is 0 Å². The SMILES string of the molecule is Cc1cc2c3c(c1)N(c1cc4c(cc1-c1ccc(C(C)(C)C)cc1)C(C)(C)CCC4(C)C)c1c(sc4ccc(C(C)(C)C)cc14)B3c1ccc(C(C)(C)C)cc1N2c1cc(C(C)(C)C)cc(C(C)(C)C)c1. The van der Waals surface area contributed by atoms with Crippen molar-refractivity contribution in [2.45, 2.75) is 189 Å². The summed E-state index contributed by atoms with van der Waals surface area (Å²) in [6.45, 7) is 47.7. The second kappa shape index (κ2) is 16.0. The van der Waals surface area contributed by atoms with E-state index in [-0.39, 0.29) is 44.6 Å². The molecule has 0 bridgehead atoms. The van der Waals surface area contributed by atoms with Crippen LogP contribution < -0.4 is 25.5 Å². The predicted octanol–water partition coefficient (Wildman–Crippen LogP) is 17.8. The van der Waals surface area contributed by atoms with Gasteiger partial charge in [-0.05, 0) is 173 Å². The monoisotopic (exact) mass is 957 g/mol. The van der Waals surface area contributed by atoms with Gasteiger partial charge in [0.25, 0.3) is 6.71 Å². The van der Waals surface area contributed by atoms with E-state index in [2.05, 4.69) is 251 Å². The summed E-state index contributed by atoms with van der Waals surface area (Å²) in [6.07, 6.45) is 2.32. The van der Waals surface area contributed by atoms with Crippen LogP contribution in [0.15, 0.2) is 103 Å². The van der Waals surface area contributed by atoms with Crippen molar-refractivity contribution in [1.82, 2.24) is 0 Å². The fraction of sp³-hybridized carbons (Fsp3) is 0.433. The van der Waals surface area contributed by atoms with Crippen molar-refractivity contribution in [3.8, 4) is 11.1 Å². The van der Waals surface area contributed by atoms with Gasteiger partial charge in [-0.2, -0.15) is 0 Å². The molecular weight excluding hydrogens is 876 g/mol. The average Bonchev–Trinajstić information content (AvgIpc) is 3.64. The molecule has 0 radical (unpaired) electrons. The van der Waals surface area contributed by atoms with Gasteiger partial charge in [-0.25, -0.2) is 0 Å². The molecule has 7 aromatic rings. The van der Waals surface area contributed by atoms with Crippen molar-refractivity contribution in [2.75, 3.05) is 9.80 Å². The first kappa shape index (κ1) is 49.5. The summed E-state index contributed by atoms with van der Waals surface area (Å²) in [6, 6.07) is 42.3. The first-order valence-electron chi connectivity index (χ1n) is 26.7. The Morgan fingerprint density at radius 3 is 1.51 bits per heavy atom. The van der Waals surface area contributed by atoms with Crippen LogP contribution in [0, 0.1) is 6.92 Å². The van der Waals surface area contributed by atoms with Crippen LogP contribution in [0.25, 0.3) is 21.2 Å². The molecule has 0 spiro atoms. The van der Waals surface area contributed by atoms with E-state index in [1.807, 2.05) is 11.3 Å². The lowest BCUT2D eigenvalue weighted by atomic mass is 9.36. The molecule has 1 aromatic heterocycles. The summed E-state index contributed by atoms with van der Waals surface area (Å²) < 4.78 is 2.77. The van der Waals surface area contributed by atoms with Crippen LogP contribution in [-0.2, 0) is 37.9 Å². The second-order valence-electron chi connectivity index (χ2n) is 28.4. The number of thiophene rings is 1. The zero-order valence-electron chi connectivity index (χ0n) is 47.1. The van der Waals surface area contributed by atoms with Crippen LogP contribution in [-0.4, -0.2) is 6.71 Å². The van der Waals surface area contributed by atoms with Crippen LogP contribution in [0.5, 0.6) is 0 Å². The van der Waals surface area contributed by atoms with Gasteiger partial charge in [-0.3, -0.25) is 0 Å². The number of aryl methyl sites for hydroxylation is 1. The van der Waals surface area contributed by atoms with E-state index in [1.165, 1.54) is 122 Å². The highest BCUT2D eigenvalue weighted by atomic mass is 32.1. The highest BCUT2D eigenvalue weighted by molar-refractivity contribution is 7.33. The smallest absolute Gasteiger partial charge is 0.264 e. The maximum absolute atomic E-state index is 2.77. The number of fused-ring (bicyclic) bond motifs is 7. The van der Waals surface area contributed by atoms with Crippen molar-refractivity contribution in [1.29, 1.82) is 0 Å². The number of hydrogen-bond donors (Lipinski definition) is 0. The van der Waals surface area contributed by atoms with Gasteiger partial charge in [0.05, 0.1) is 11.4 Å². The van der Waals surface area contributed by atoms with Gasteiger partial charge < -0.3 is 9.80 Å². The predicted molar refractivity (Wildman–Crippen MR) is 315 cm³/mol. The van der Waals surface area contributed by atoms with E-state index >= 15 is 0 Å². The Morgan fingerprint density at radius 1 is 0.465 bits per heavy atom. The van der Waals surface area contributed by atoms with E-state index in [0.717, 1.165) is 6.42 Å². The van der Waals surface area contributed by atoms with Crippen molar-refractivity contribution >= 4 is 78.0 Å². The lowest BCUT2D eigenvalue weighted by Crippen LogP contribution is -2.60. The van der Waals surface area contributed by atoms with Crippen LogP contribution in [0.3, 0.4) is 0 Å². The Balaban J connectivity index is 1.38. The first-order chi connectivity index (χ1) is 32.7. The fourth-order valence-electron chi connectivity index (χ4n) is 11.9. The summed E-state index contributed by atoms with van der Waals surface area (Å²) in [5.41, 5.74) is 24.1. The van der Waals surface area contributed by atoms with E-state index in [4.69, 9.17) is 0 Å². The maximum atomic E-state index is 2.77. The number of hydrogen-bond acceptors (Lipinski definition) is 3. The fourth-order valence-corrected chi connectivity index (χ4v) is 13.2. The molecule has 0 unspecified atom stereocenters. The van der Waals surface area contributed by atoms with Gasteiger partial charge in [0.1, 0.15) is 0 Å². The van der Waals surface area contributed by atoms with Gasteiger partial charge in [0.15, 0.2) is 0 Å². The third-order valence-corrected chi connectivity index (χ3v) is 17.9. The molecule has 1 aliphatic carbocycles. The summed E-state index contributed by atoms with van der Waals surface area (Å²) in [5.74, 6) is 0. The van der Waals surface area contributed by atoms with Gasteiger partial charge in [-0.1, -0.05) is 180 Å². The molecule has 71 heavy (non-hydrogen) atoms. The lowest BCUT2D eigenvalue weighted by molar-refractivity contribution is 0.332. The Kier molecular flexibility index (Phi) is 11.1. The molecule has 6 aromatic carbocycles. The number of benzene rings is 6. The Bertz CT molecular complexity index is 3250.